The molecule has 0 N–H and O–H groups in total. The second-order valence-electron chi connectivity index (χ2n) is 5.64. The lowest BCUT2D eigenvalue weighted by atomic mass is 10.1. The second-order valence-corrected chi connectivity index (χ2v) is 5.64. The first kappa shape index (κ1) is 12.7. The van der Waals surface area contributed by atoms with Crippen LogP contribution in [0.4, 0.5) is 0 Å². The van der Waals surface area contributed by atoms with Crippen LogP contribution in [0.5, 0.6) is 0 Å². The van der Waals surface area contributed by atoms with Gasteiger partial charge < -0.3 is 13.9 Å². The van der Waals surface area contributed by atoms with Gasteiger partial charge in [-0.25, -0.2) is 0 Å². The number of aromatic nitrogens is 2. The van der Waals surface area contributed by atoms with Crippen molar-refractivity contribution in [3.8, 4) is 0 Å². The molecule has 3 rings (SSSR count). The van der Waals surface area contributed by atoms with Gasteiger partial charge in [0, 0.05) is 37.5 Å². The standard InChI is InChI=1S/C14H20N2O3/c17-13-14(18)16(12-3-1-2-4-12)7-6-15(13)9-11-5-8-19-10-11/h6-7,11-12H,1-5,8-10H2. The summed E-state index contributed by atoms with van der Waals surface area (Å²) in [4.78, 5) is 24.3. The summed E-state index contributed by atoms with van der Waals surface area (Å²) in [6.07, 6.45) is 8.85. The van der Waals surface area contributed by atoms with E-state index in [0.29, 0.717) is 19.1 Å². The van der Waals surface area contributed by atoms with Crippen molar-refractivity contribution < 1.29 is 4.74 Å². The molecule has 0 aromatic carbocycles. The predicted octanol–water partition coefficient (Wildman–Crippen LogP) is 1.16. The molecule has 0 radical (unpaired) electrons. The highest BCUT2D eigenvalue weighted by Gasteiger charge is 2.21. The molecule has 1 atom stereocenters. The quantitative estimate of drug-likeness (QED) is 0.770. The summed E-state index contributed by atoms with van der Waals surface area (Å²) < 4.78 is 8.49. The fourth-order valence-corrected chi connectivity index (χ4v) is 3.14. The van der Waals surface area contributed by atoms with Gasteiger partial charge in [0.2, 0.25) is 0 Å². The van der Waals surface area contributed by atoms with Gasteiger partial charge in [-0.2, -0.15) is 0 Å². The zero-order valence-corrected chi connectivity index (χ0v) is 11.1. The maximum Gasteiger partial charge on any atom is 0.316 e. The van der Waals surface area contributed by atoms with Crippen molar-refractivity contribution in [1.82, 2.24) is 9.13 Å². The molecule has 2 heterocycles. The van der Waals surface area contributed by atoms with Gasteiger partial charge in [0.05, 0.1) is 6.61 Å². The van der Waals surface area contributed by atoms with Gasteiger partial charge in [-0.05, 0) is 19.3 Å². The van der Waals surface area contributed by atoms with Crippen LogP contribution >= 0.6 is 0 Å². The topological polar surface area (TPSA) is 53.2 Å². The van der Waals surface area contributed by atoms with E-state index in [-0.39, 0.29) is 17.2 Å². The maximum atomic E-state index is 12.1. The van der Waals surface area contributed by atoms with E-state index in [1.807, 2.05) is 0 Å². The Kier molecular flexibility index (Phi) is 3.55. The lowest BCUT2D eigenvalue weighted by molar-refractivity contribution is 0.182. The highest BCUT2D eigenvalue weighted by atomic mass is 16.5. The highest BCUT2D eigenvalue weighted by Crippen LogP contribution is 2.27. The van der Waals surface area contributed by atoms with Crippen LogP contribution in [-0.2, 0) is 11.3 Å². The Bertz CT molecular complexity index is 549. The molecule has 1 aliphatic heterocycles. The van der Waals surface area contributed by atoms with E-state index in [0.717, 1.165) is 38.7 Å². The van der Waals surface area contributed by atoms with Crippen LogP contribution < -0.4 is 11.1 Å². The van der Waals surface area contributed by atoms with Crippen molar-refractivity contribution in [2.75, 3.05) is 13.2 Å². The molecule has 0 spiro atoms. The Balaban J connectivity index is 1.85. The fourth-order valence-electron chi connectivity index (χ4n) is 3.14. The van der Waals surface area contributed by atoms with Gasteiger partial charge in [0.1, 0.15) is 0 Å². The van der Waals surface area contributed by atoms with Gasteiger partial charge in [-0.1, -0.05) is 12.8 Å². The third kappa shape index (κ3) is 2.52. The molecule has 0 bridgehead atoms. The van der Waals surface area contributed by atoms with Crippen molar-refractivity contribution >= 4 is 0 Å². The van der Waals surface area contributed by atoms with Gasteiger partial charge in [0.25, 0.3) is 0 Å². The molecule has 1 saturated carbocycles. The molecule has 1 aliphatic carbocycles. The summed E-state index contributed by atoms with van der Waals surface area (Å²) in [7, 11) is 0. The Morgan fingerprint density at radius 1 is 1.11 bits per heavy atom. The molecule has 1 aromatic rings. The Labute approximate surface area is 111 Å². The molecule has 1 saturated heterocycles. The van der Waals surface area contributed by atoms with Crippen LogP contribution in [0.15, 0.2) is 22.0 Å². The van der Waals surface area contributed by atoms with Crippen molar-refractivity contribution in [1.29, 1.82) is 0 Å². The number of ether oxygens (including phenoxy) is 1. The summed E-state index contributed by atoms with van der Waals surface area (Å²) in [6, 6.07) is 0.227. The maximum absolute atomic E-state index is 12.1. The van der Waals surface area contributed by atoms with E-state index in [2.05, 4.69) is 0 Å². The van der Waals surface area contributed by atoms with Crippen LogP contribution in [0.3, 0.4) is 0 Å². The smallest absolute Gasteiger partial charge is 0.316 e. The van der Waals surface area contributed by atoms with Crippen molar-refractivity contribution in [2.45, 2.75) is 44.7 Å². The van der Waals surface area contributed by atoms with Gasteiger partial charge >= 0.3 is 11.1 Å². The zero-order valence-electron chi connectivity index (χ0n) is 11.1. The molecule has 1 unspecified atom stereocenters. The third-order valence-corrected chi connectivity index (χ3v) is 4.28. The third-order valence-electron chi connectivity index (χ3n) is 4.28. The molecule has 104 valence electrons. The fraction of sp³-hybridized carbons (Fsp3) is 0.714. The van der Waals surface area contributed by atoms with Gasteiger partial charge in [0.15, 0.2) is 0 Å². The van der Waals surface area contributed by atoms with Gasteiger partial charge in [-0.15, -0.1) is 0 Å². The van der Waals surface area contributed by atoms with Crippen molar-refractivity contribution in [3.05, 3.63) is 33.1 Å². The molecule has 1 aromatic heterocycles. The molecular formula is C14H20N2O3. The van der Waals surface area contributed by atoms with Crippen molar-refractivity contribution in [2.24, 2.45) is 5.92 Å². The number of hydrogen-bond acceptors (Lipinski definition) is 3. The molecule has 2 fully saturated rings. The average Bonchev–Trinajstić information content (AvgIpc) is 3.08. The summed E-state index contributed by atoms with van der Waals surface area (Å²) >= 11 is 0. The van der Waals surface area contributed by atoms with Crippen LogP contribution in [0.2, 0.25) is 0 Å². The molecule has 5 nitrogen and oxygen atoms in total. The molecule has 2 aliphatic rings. The van der Waals surface area contributed by atoms with E-state index >= 15 is 0 Å². The minimum atomic E-state index is -0.388. The normalized spacial score (nSPS) is 24.1. The second kappa shape index (κ2) is 5.33. The first-order valence-electron chi connectivity index (χ1n) is 7.15. The monoisotopic (exact) mass is 264 g/mol. The Morgan fingerprint density at radius 2 is 1.89 bits per heavy atom. The highest BCUT2D eigenvalue weighted by molar-refractivity contribution is 4.91. The lowest BCUT2D eigenvalue weighted by Gasteiger charge is -2.15. The minimum Gasteiger partial charge on any atom is -0.381 e. The van der Waals surface area contributed by atoms with Crippen molar-refractivity contribution in [3.63, 3.8) is 0 Å². The van der Waals surface area contributed by atoms with Crippen LogP contribution in [-0.4, -0.2) is 22.3 Å². The number of hydrogen-bond donors (Lipinski definition) is 0. The van der Waals surface area contributed by atoms with E-state index in [1.54, 1.807) is 21.5 Å². The Morgan fingerprint density at radius 3 is 2.58 bits per heavy atom. The predicted molar refractivity (Wildman–Crippen MR) is 71.4 cm³/mol. The van der Waals surface area contributed by atoms with E-state index < -0.39 is 0 Å². The summed E-state index contributed by atoms with van der Waals surface area (Å²) in [5.74, 6) is 0.361. The first-order chi connectivity index (χ1) is 9.25. The summed E-state index contributed by atoms with van der Waals surface area (Å²) in [5, 5.41) is 0. The minimum absolute atomic E-state index is 0.227. The van der Waals surface area contributed by atoms with Crippen LogP contribution in [0.25, 0.3) is 0 Å². The van der Waals surface area contributed by atoms with E-state index in [4.69, 9.17) is 4.74 Å². The number of rotatable bonds is 3. The Hall–Kier alpha value is -1.36. The molecular weight excluding hydrogens is 244 g/mol. The summed E-state index contributed by atoms with van der Waals surface area (Å²) in [5.41, 5.74) is -0.755. The molecule has 19 heavy (non-hydrogen) atoms. The first-order valence-corrected chi connectivity index (χ1v) is 7.15. The van der Waals surface area contributed by atoms with Gasteiger partial charge in [-0.3, -0.25) is 9.59 Å². The van der Waals surface area contributed by atoms with E-state index in [9.17, 15) is 9.59 Å². The SMILES string of the molecule is O=c1c(=O)n(C2CCCC2)ccn1CC1CCOC1. The zero-order chi connectivity index (χ0) is 13.2. The lowest BCUT2D eigenvalue weighted by Crippen LogP contribution is -2.42. The summed E-state index contributed by atoms with van der Waals surface area (Å²) in [6.45, 7) is 2.05. The largest absolute Gasteiger partial charge is 0.381 e. The molecule has 0 amide bonds. The van der Waals surface area contributed by atoms with Crippen LogP contribution in [0, 0.1) is 5.92 Å². The molecule has 5 heteroatoms. The average molecular weight is 264 g/mol. The van der Waals surface area contributed by atoms with Crippen LogP contribution in [0.1, 0.15) is 38.1 Å². The number of nitrogens with zero attached hydrogens (tertiary/aromatic N) is 2. The van der Waals surface area contributed by atoms with E-state index in [1.165, 1.54) is 0 Å².